The zero-order valence-electron chi connectivity index (χ0n) is 24.9. The maximum atomic E-state index is 12.8. The molecule has 1 aliphatic rings. The van der Waals surface area contributed by atoms with Crippen LogP contribution in [0.1, 0.15) is 22.3 Å². The average molecular weight is 624 g/mol. The normalized spacial score (nSPS) is 14.2. The van der Waals surface area contributed by atoms with Gasteiger partial charge in [0, 0.05) is 20.2 Å². The highest BCUT2D eigenvalue weighted by Crippen LogP contribution is 2.38. The predicted molar refractivity (Wildman–Crippen MR) is 165 cm³/mol. The van der Waals surface area contributed by atoms with Crippen LogP contribution in [0.15, 0.2) is 48.5 Å². The Labute approximate surface area is 258 Å². The minimum absolute atomic E-state index is 0.113. The van der Waals surface area contributed by atoms with Gasteiger partial charge in [-0.2, -0.15) is 0 Å². The number of methoxy groups -OCH3 is 1. The molecule has 0 aromatic heterocycles. The third-order valence-corrected chi connectivity index (χ3v) is 7.88. The molecule has 13 heteroatoms. The molecule has 0 saturated carbocycles. The summed E-state index contributed by atoms with van der Waals surface area (Å²) >= 11 is 0.958. The fourth-order valence-electron chi connectivity index (χ4n) is 4.45. The van der Waals surface area contributed by atoms with Crippen molar-refractivity contribution in [3.63, 3.8) is 0 Å². The number of nitrogens with zero attached hydrogens (tertiary/aromatic N) is 1. The fourth-order valence-corrected chi connectivity index (χ4v) is 5.31. The Morgan fingerprint density at radius 3 is 2.34 bits per heavy atom. The molecule has 12 nitrogen and oxygen atoms in total. The maximum Gasteiger partial charge on any atom is 0.411 e. The number of thioether (sulfide) groups is 1. The number of hydrogen-bond acceptors (Lipinski definition) is 9. The van der Waals surface area contributed by atoms with Crippen molar-refractivity contribution < 1.29 is 43.2 Å². The SMILES string of the molecule is COCOc1c(C)cc(Oc2ccc(NC(=O)COc3ccc(CC4SC(=O)NC4=O)cc3)c(N(C)C(=O)O)c2)c(C)c1C. The lowest BCUT2D eigenvalue weighted by molar-refractivity contribution is -0.119. The third kappa shape index (κ3) is 7.79. The van der Waals surface area contributed by atoms with Gasteiger partial charge in [-0.15, -0.1) is 0 Å². The minimum Gasteiger partial charge on any atom is -0.484 e. The lowest BCUT2D eigenvalue weighted by Gasteiger charge is -2.21. The zero-order valence-corrected chi connectivity index (χ0v) is 25.7. The molecule has 3 aromatic carbocycles. The van der Waals surface area contributed by atoms with Crippen LogP contribution in [0, 0.1) is 20.8 Å². The van der Waals surface area contributed by atoms with Crippen molar-refractivity contribution in [2.75, 3.05) is 37.8 Å². The van der Waals surface area contributed by atoms with E-state index in [1.165, 1.54) is 13.1 Å². The van der Waals surface area contributed by atoms with E-state index in [0.717, 1.165) is 38.9 Å². The van der Waals surface area contributed by atoms with E-state index < -0.39 is 17.3 Å². The van der Waals surface area contributed by atoms with Crippen LogP contribution in [0.3, 0.4) is 0 Å². The van der Waals surface area contributed by atoms with E-state index >= 15 is 0 Å². The summed E-state index contributed by atoms with van der Waals surface area (Å²) in [6.45, 7) is 5.48. The van der Waals surface area contributed by atoms with Gasteiger partial charge in [0.05, 0.1) is 16.6 Å². The zero-order chi connectivity index (χ0) is 32.0. The second-order valence-electron chi connectivity index (χ2n) is 10.0. The molecule has 1 atom stereocenters. The van der Waals surface area contributed by atoms with Crippen LogP contribution in [0.25, 0.3) is 0 Å². The van der Waals surface area contributed by atoms with Crippen LogP contribution < -0.4 is 29.7 Å². The molecule has 44 heavy (non-hydrogen) atoms. The van der Waals surface area contributed by atoms with Crippen molar-refractivity contribution in [3.05, 3.63) is 70.8 Å². The lowest BCUT2D eigenvalue weighted by atomic mass is 10.0. The van der Waals surface area contributed by atoms with Crippen molar-refractivity contribution in [1.29, 1.82) is 0 Å². The van der Waals surface area contributed by atoms with E-state index in [0.29, 0.717) is 29.4 Å². The number of aryl methyl sites for hydroxylation is 1. The van der Waals surface area contributed by atoms with E-state index in [4.69, 9.17) is 18.9 Å². The van der Waals surface area contributed by atoms with Gasteiger partial charge in [-0.1, -0.05) is 23.9 Å². The highest BCUT2D eigenvalue weighted by atomic mass is 32.2. The van der Waals surface area contributed by atoms with Gasteiger partial charge in [-0.25, -0.2) is 4.79 Å². The van der Waals surface area contributed by atoms with Gasteiger partial charge >= 0.3 is 6.09 Å². The number of amides is 4. The topological polar surface area (TPSA) is 153 Å². The highest BCUT2D eigenvalue weighted by molar-refractivity contribution is 8.15. The summed E-state index contributed by atoms with van der Waals surface area (Å²) in [6, 6.07) is 13.4. The predicted octanol–water partition coefficient (Wildman–Crippen LogP) is 5.41. The first-order chi connectivity index (χ1) is 21.0. The quantitative estimate of drug-likeness (QED) is 0.223. The van der Waals surface area contributed by atoms with Crippen LogP contribution in [0.5, 0.6) is 23.0 Å². The van der Waals surface area contributed by atoms with Crippen molar-refractivity contribution in [2.24, 2.45) is 0 Å². The molecule has 4 amide bonds. The summed E-state index contributed by atoms with van der Waals surface area (Å²) in [7, 11) is 2.91. The summed E-state index contributed by atoms with van der Waals surface area (Å²) in [6.07, 6.45) is -0.843. The fraction of sp³-hybridized carbons (Fsp3) is 0.290. The second kappa shape index (κ2) is 14.1. The van der Waals surface area contributed by atoms with Crippen LogP contribution in [0.4, 0.5) is 21.0 Å². The number of carboxylic acid groups (broad SMARTS) is 1. The monoisotopic (exact) mass is 623 g/mol. The van der Waals surface area contributed by atoms with Gasteiger partial charge in [0.2, 0.25) is 5.91 Å². The first-order valence-corrected chi connectivity index (χ1v) is 14.4. The van der Waals surface area contributed by atoms with Crippen molar-refractivity contribution in [2.45, 2.75) is 32.4 Å². The van der Waals surface area contributed by atoms with Crippen LogP contribution in [-0.4, -0.2) is 61.1 Å². The summed E-state index contributed by atoms with van der Waals surface area (Å²) in [4.78, 5) is 48.7. The number of carbonyl (C=O) groups excluding carboxylic acids is 3. The molecular weight excluding hydrogens is 590 g/mol. The van der Waals surface area contributed by atoms with Gasteiger partial charge in [0.1, 0.15) is 23.0 Å². The molecule has 232 valence electrons. The Balaban J connectivity index is 1.43. The van der Waals surface area contributed by atoms with Crippen molar-refractivity contribution in [1.82, 2.24) is 5.32 Å². The first-order valence-electron chi connectivity index (χ1n) is 13.5. The second-order valence-corrected chi connectivity index (χ2v) is 11.2. The molecule has 1 unspecified atom stereocenters. The summed E-state index contributed by atoms with van der Waals surface area (Å²) < 4.78 is 22.5. The number of ether oxygens (including phenoxy) is 4. The summed E-state index contributed by atoms with van der Waals surface area (Å²) in [5.74, 6) is 1.25. The smallest absolute Gasteiger partial charge is 0.411 e. The van der Waals surface area contributed by atoms with Gasteiger partial charge in [0.25, 0.3) is 11.1 Å². The van der Waals surface area contributed by atoms with E-state index in [1.54, 1.807) is 43.5 Å². The largest absolute Gasteiger partial charge is 0.484 e. The van der Waals surface area contributed by atoms with Crippen molar-refractivity contribution >= 4 is 46.3 Å². The molecule has 3 aromatic rings. The molecule has 4 rings (SSSR count). The molecule has 1 fully saturated rings. The standard InChI is InChI=1S/C31H33N3O9S/c1-17-12-25(18(2)19(3)28(17)42-16-40-5)43-22-10-11-23(24(14-22)34(4)31(38)39)32-27(35)15-41-21-8-6-20(7-9-21)13-26-29(36)33-30(37)44-26/h6-12,14,26H,13,15-16H2,1-5H3,(H,32,35)(H,38,39)(H,33,36,37). The highest BCUT2D eigenvalue weighted by Gasteiger charge is 2.31. The number of carbonyl (C=O) groups is 4. The molecule has 3 N–H and O–H groups in total. The van der Waals surface area contributed by atoms with Gasteiger partial charge < -0.3 is 29.4 Å². The van der Waals surface area contributed by atoms with Crippen LogP contribution in [-0.2, 0) is 20.7 Å². The van der Waals surface area contributed by atoms with Crippen molar-refractivity contribution in [3.8, 4) is 23.0 Å². The van der Waals surface area contributed by atoms with Gasteiger partial charge in [0.15, 0.2) is 13.4 Å². The van der Waals surface area contributed by atoms with E-state index in [1.807, 2.05) is 26.8 Å². The molecule has 1 heterocycles. The Hall–Kier alpha value is -4.75. The number of hydrogen-bond donors (Lipinski definition) is 3. The van der Waals surface area contributed by atoms with E-state index in [2.05, 4.69) is 10.6 Å². The number of imide groups is 1. The maximum absolute atomic E-state index is 12.8. The molecule has 0 aliphatic carbocycles. The van der Waals surface area contributed by atoms with Crippen LogP contribution >= 0.6 is 11.8 Å². The number of benzene rings is 3. The minimum atomic E-state index is -1.23. The third-order valence-electron chi connectivity index (χ3n) is 6.90. The molecule has 0 bridgehead atoms. The first kappa shape index (κ1) is 32.2. The molecule has 0 radical (unpaired) electrons. The number of nitrogens with one attached hydrogen (secondary N) is 2. The molecular formula is C31H33N3O9S. The summed E-state index contributed by atoms with van der Waals surface area (Å²) in [5.41, 5.74) is 3.86. The van der Waals surface area contributed by atoms with Gasteiger partial charge in [-0.3, -0.25) is 24.6 Å². The Morgan fingerprint density at radius 2 is 1.70 bits per heavy atom. The number of anilines is 2. The molecule has 1 aliphatic heterocycles. The molecule has 1 saturated heterocycles. The Bertz CT molecular complexity index is 1580. The van der Waals surface area contributed by atoms with E-state index in [9.17, 15) is 24.3 Å². The van der Waals surface area contributed by atoms with E-state index in [-0.39, 0.29) is 35.9 Å². The summed E-state index contributed by atoms with van der Waals surface area (Å²) in [5, 5.41) is 13.8. The lowest BCUT2D eigenvalue weighted by Crippen LogP contribution is -2.27. The van der Waals surface area contributed by atoms with Gasteiger partial charge in [-0.05, 0) is 79.8 Å². The molecule has 0 spiro atoms. The average Bonchev–Trinajstić information content (AvgIpc) is 3.31. The van der Waals surface area contributed by atoms with Crippen LogP contribution in [0.2, 0.25) is 0 Å². The number of rotatable bonds is 12. The Morgan fingerprint density at radius 1 is 1.00 bits per heavy atom. The Kier molecular flexibility index (Phi) is 10.3.